The summed E-state index contributed by atoms with van der Waals surface area (Å²) in [6, 6.07) is 7.29. The molecule has 1 aromatic carbocycles. The van der Waals surface area contributed by atoms with E-state index in [-0.39, 0.29) is 0 Å². The largest absolute Gasteiger partial charge is 0.419 e. The Labute approximate surface area is 111 Å². The van der Waals surface area contributed by atoms with Crippen LogP contribution in [0.15, 0.2) is 28.7 Å². The number of hydrogen-bond acceptors (Lipinski definition) is 5. The average Bonchev–Trinajstić information content (AvgIpc) is 2.78. The molecule has 5 nitrogen and oxygen atoms in total. The lowest BCUT2D eigenvalue weighted by Crippen LogP contribution is -2.25. The highest BCUT2D eigenvalue weighted by molar-refractivity contribution is 6.30. The van der Waals surface area contributed by atoms with Gasteiger partial charge in [0.05, 0.1) is 6.54 Å². The van der Waals surface area contributed by atoms with Crippen LogP contribution in [-0.4, -0.2) is 35.2 Å². The van der Waals surface area contributed by atoms with E-state index in [0.29, 0.717) is 29.9 Å². The molecule has 0 unspecified atom stereocenters. The van der Waals surface area contributed by atoms with Crippen molar-refractivity contribution in [3.8, 4) is 11.5 Å². The van der Waals surface area contributed by atoms with Crippen LogP contribution in [0.5, 0.6) is 0 Å². The molecule has 0 aliphatic rings. The summed E-state index contributed by atoms with van der Waals surface area (Å²) in [6.45, 7) is 1.99. The highest BCUT2D eigenvalue weighted by Crippen LogP contribution is 2.20. The van der Waals surface area contributed by atoms with Gasteiger partial charge in [-0.1, -0.05) is 11.6 Å². The monoisotopic (exact) mass is 266 g/mol. The number of hydrogen-bond donors (Lipinski definition) is 1. The molecule has 0 radical (unpaired) electrons. The van der Waals surface area contributed by atoms with Crippen molar-refractivity contribution in [2.24, 2.45) is 5.73 Å². The van der Waals surface area contributed by atoms with E-state index in [4.69, 9.17) is 21.8 Å². The number of benzene rings is 1. The van der Waals surface area contributed by atoms with Crippen LogP contribution in [0.1, 0.15) is 5.89 Å². The van der Waals surface area contributed by atoms with Gasteiger partial charge in [0.25, 0.3) is 0 Å². The van der Waals surface area contributed by atoms with Crippen molar-refractivity contribution in [2.75, 3.05) is 20.1 Å². The van der Waals surface area contributed by atoms with Crippen LogP contribution in [0.3, 0.4) is 0 Å². The van der Waals surface area contributed by atoms with Crippen LogP contribution >= 0.6 is 11.6 Å². The Hall–Kier alpha value is -1.43. The van der Waals surface area contributed by atoms with E-state index in [1.165, 1.54) is 0 Å². The topological polar surface area (TPSA) is 68.2 Å². The summed E-state index contributed by atoms with van der Waals surface area (Å²) in [4.78, 5) is 2.03. The van der Waals surface area contributed by atoms with Crippen molar-refractivity contribution in [2.45, 2.75) is 6.54 Å². The summed E-state index contributed by atoms with van der Waals surface area (Å²) in [7, 11) is 1.96. The summed E-state index contributed by atoms with van der Waals surface area (Å²) in [5, 5.41) is 8.70. The zero-order valence-corrected chi connectivity index (χ0v) is 10.9. The third-order valence-electron chi connectivity index (χ3n) is 2.47. The van der Waals surface area contributed by atoms with E-state index in [2.05, 4.69) is 10.2 Å². The van der Waals surface area contributed by atoms with Crippen LogP contribution < -0.4 is 5.73 Å². The Morgan fingerprint density at radius 1 is 1.28 bits per heavy atom. The fourth-order valence-corrected chi connectivity index (χ4v) is 1.68. The van der Waals surface area contributed by atoms with Crippen molar-refractivity contribution in [1.29, 1.82) is 0 Å². The van der Waals surface area contributed by atoms with E-state index in [1.54, 1.807) is 12.1 Å². The Balaban J connectivity index is 2.08. The molecular weight excluding hydrogens is 252 g/mol. The Morgan fingerprint density at radius 3 is 2.67 bits per heavy atom. The van der Waals surface area contributed by atoms with Gasteiger partial charge in [0, 0.05) is 23.7 Å². The number of halogens is 1. The minimum absolute atomic E-state index is 0.503. The number of aromatic nitrogens is 2. The SMILES string of the molecule is CN(CCN)Cc1nnc(-c2ccc(Cl)cc2)o1. The molecule has 0 saturated heterocycles. The van der Waals surface area contributed by atoms with Gasteiger partial charge < -0.3 is 10.2 Å². The van der Waals surface area contributed by atoms with E-state index >= 15 is 0 Å². The number of likely N-dealkylation sites (N-methyl/N-ethyl adjacent to an activating group) is 1. The Kier molecular flexibility index (Phi) is 4.30. The first kappa shape index (κ1) is 13.0. The van der Waals surface area contributed by atoms with Crippen LogP contribution in [0, 0.1) is 0 Å². The van der Waals surface area contributed by atoms with Crippen LogP contribution in [-0.2, 0) is 6.54 Å². The summed E-state index contributed by atoms with van der Waals surface area (Å²) < 4.78 is 5.58. The van der Waals surface area contributed by atoms with Crippen LogP contribution in [0.2, 0.25) is 5.02 Å². The molecule has 0 amide bonds. The van der Waals surface area contributed by atoms with Crippen molar-refractivity contribution in [1.82, 2.24) is 15.1 Å². The number of nitrogens with two attached hydrogens (primary N) is 1. The van der Waals surface area contributed by atoms with Gasteiger partial charge in [0.15, 0.2) is 0 Å². The Bertz CT molecular complexity index is 497. The van der Waals surface area contributed by atoms with E-state index in [9.17, 15) is 0 Å². The first-order valence-corrected chi connectivity index (χ1v) is 6.04. The first-order chi connectivity index (χ1) is 8.69. The zero-order chi connectivity index (χ0) is 13.0. The summed E-state index contributed by atoms with van der Waals surface area (Å²) in [5.74, 6) is 1.08. The molecule has 0 bridgehead atoms. The molecule has 18 heavy (non-hydrogen) atoms. The van der Waals surface area contributed by atoms with Gasteiger partial charge in [-0.2, -0.15) is 0 Å². The smallest absolute Gasteiger partial charge is 0.247 e. The molecule has 0 fully saturated rings. The van der Waals surface area contributed by atoms with Gasteiger partial charge in [-0.25, -0.2) is 0 Å². The Morgan fingerprint density at radius 2 is 2.00 bits per heavy atom. The first-order valence-electron chi connectivity index (χ1n) is 5.66. The van der Waals surface area contributed by atoms with E-state index in [1.807, 2.05) is 24.1 Å². The maximum atomic E-state index is 5.82. The lowest BCUT2D eigenvalue weighted by molar-refractivity contribution is 0.297. The van der Waals surface area contributed by atoms with Gasteiger partial charge in [-0.15, -0.1) is 10.2 Å². The molecule has 0 atom stereocenters. The highest BCUT2D eigenvalue weighted by Gasteiger charge is 2.10. The highest BCUT2D eigenvalue weighted by atomic mass is 35.5. The van der Waals surface area contributed by atoms with Gasteiger partial charge >= 0.3 is 0 Å². The second-order valence-electron chi connectivity index (χ2n) is 4.03. The van der Waals surface area contributed by atoms with E-state index < -0.39 is 0 Å². The van der Waals surface area contributed by atoms with Crippen LogP contribution in [0.4, 0.5) is 0 Å². The van der Waals surface area contributed by atoms with Crippen molar-refractivity contribution < 1.29 is 4.42 Å². The minimum Gasteiger partial charge on any atom is -0.419 e. The fraction of sp³-hybridized carbons (Fsp3) is 0.333. The number of nitrogens with zero attached hydrogens (tertiary/aromatic N) is 3. The third-order valence-corrected chi connectivity index (χ3v) is 2.73. The van der Waals surface area contributed by atoms with Crippen molar-refractivity contribution in [3.63, 3.8) is 0 Å². The zero-order valence-electron chi connectivity index (χ0n) is 10.1. The molecule has 0 aliphatic heterocycles. The van der Waals surface area contributed by atoms with Crippen molar-refractivity contribution >= 4 is 11.6 Å². The second-order valence-corrected chi connectivity index (χ2v) is 4.47. The molecule has 0 spiro atoms. The summed E-state index contributed by atoms with van der Waals surface area (Å²) in [5.41, 5.74) is 6.33. The third kappa shape index (κ3) is 3.29. The molecule has 96 valence electrons. The van der Waals surface area contributed by atoms with Gasteiger partial charge in [0.2, 0.25) is 11.8 Å². The molecule has 2 rings (SSSR count). The summed E-state index contributed by atoms with van der Waals surface area (Å²) >= 11 is 5.82. The predicted molar refractivity (Wildman–Crippen MR) is 70.1 cm³/mol. The molecule has 0 aliphatic carbocycles. The average molecular weight is 267 g/mol. The van der Waals surface area contributed by atoms with Crippen LogP contribution in [0.25, 0.3) is 11.5 Å². The molecule has 1 heterocycles. The summed E-state index contributed by atoms with van der Waals surface area (Å²) in [6.07, 6.45) is 0. The lowest BCUT2D eigenvalue weighted by atomic mass is 10.2. The second kappa shape index (κ2) is 5.95. The minimum atomic E-state index is 0.503. The van der Waals surface area contributed by atoms with Gasteiger partial charge in [-0.3, -0.25) is 4.90 Å². The standard InChI is InChI=1S/C12H15ClN4O/c1-17(7-6-14)8-11-15-16-12(18-11)9-2-4-10(13)5-3-9/h2-5H,6-8,14H2,1H3. The molecule has 1 aromatic heterocycles. The fourth-order valence-electron chi connectivity index (χ4n) is 1.56. The maximum Gasteiger partial charge on any atom is 0.247 e. The molecule has 2 aromatic rings. The lowest BCUT2D eigenvalue weighted by Gasteiger charge is -2.11. The molecule has 0 saturated carbocycles. The molecular formula is C12H15ClN4O. The quantitative estimate of drug-likeness (QED) is 0.893. The van der Waals surface area contributed by atoms with Crippen molar-refractivity contribution in [3.05, 3.63) is 35.2 Å². The molecule has 6 heteroatoms. The predicted octanol–water partition coefficient (Wildman–Crippen LogP) is 1.78. The normalized spacial score (nSPS) is 11.1. The molecule has 2 N–H and O–H groups in total. The van der Waals surface area contributed by atoms with Gasteiger partial charge in [-0.05, 0) is 31.3 Å². The number of rotatable bonds is 5. The van der Waals surface area contributed by atoms with E-state index in [0.717, 1.165) is 12.1 Å². The van der Waals surface area contributed by atoms with Gasteiger partial charge in [0.1, 0.15) is 0 Å². The maximum absolute atomic E-state index is 5.82.